The molecule has 0 bridgehead atoms. The molecule has 7 heteroatoms. The molecule has 0 N–H and O–H groups in total. The van der Waals surface area contributed by atoms with Crippen molar-refractivity contribution in [2.75, 3.05) is 13.2 Å². The second-order valence-electron chi connectivity index (χ2n) is 4.50. The Hall–Kier alpha value is -2.18. The third-order valence-corrected chi connectivity index (χ3v) is 2.74. The van der Waals surface area contributed by atoms with Gasteiger partial charge in [0, 0.05) is 13.3 Å². The Balaban J connectivity index is 2.30. The Bertz CT molecular complexity index is 490. The molecule has 0 atom stereocenters. The summed E-state index contributed by atoms with van der Waals surface area (Å²) in [5, 5.41) is 10.9. The molecular weight excluding hydrogens is 276 g/mol. The highest BCUT2D eigenvalue weighted by Crippen LogP contribution is 2.24. The minimum Gasteiger partial charge on any atom is -0.486 e. The molecule has 0 aromatic carbocycles. The largest absolute Gasteiger partial charge is 0.486 e. The second kappa shape index (κ2) is 8.89. The van der Waals surface area contributed by atoms with Crippen LogP contribution in [0.1, 0.15) is 38.3 Å². The maximum absolute atomic E-state index is 11.1. The molecule has 1 aromatic heterocycles. The average Bonchev–Trinajstić information content (AvgIpc) is 2.44. The summed E-state index contributed by atoms with van der Waals surface area (Å²) in [4.78, 5) is 25.3. The first-order chi connectivity index (χ1) is 10.0. The van der Waals surface area contributed by atoms with E-state index in [-0.39, 0.29) is 17.5 Å². The van der Waals surface area contributed by atoms with Crippen molar-refractivity contribution in [3.8, 4) is 5.75 Å². The van der Waals surface area contributed by atoms with Crippen molar-refractivity contribution in [2.24, 2.45) is 0 Å². The molecule has 0 aliphatic rings. The zero-order valence-electron chi connectivity index (χ0n) is 12.3. The SMILES string of the molecule is CCOC(=O)CCCCCOc1ccc(C)nc1[N+](=O)[O-]. The summed E-state index contributed by atoms with van der Waals surface area (Å²) in [6.45, 7) is 4.21. The molecule has 0 fully saturated rings. The van der Waals surface area contributed by atoms with Gasteiger partial charge < -0.3 is 19.6 Å². The standard InChI is InChI=1S/C14H20N2O5/c1-3-20-13(17)7-5-4-6-10-21-12-9-8-11(2)15-14(12)16(18)19/h8-9H,3-7,10H2,1-2H3. The third kappa shape index (κ3) is 6.20. The second-order valence-corrected chi connectivity index (χ2v) is 4.50. The Morgan fingerprint density at radius 3 is 2.76 bits per heavy atom. The van der Waals surface area contributed by atoms with E-state index >= 15 is 0 Å². The van der Waals surface area contributed by atoms with Crippen LogP contribution < -0.4 is 4.74 Å². The molecule has 0 spiro atoms. The van der Waals surface area contributed by atoms with Crippen molar-refractivity contribution in [1.82, 2.24) is 4.98 Å². The third-order valence-electron chi connectivity index (χ3n) is 2.74. The van der Waals surface area contributed by atoms with Crippen molar-refractivity contribution in [2.45, 2.75) is 39.5 Å². The van der Waals surface area contributed by atoms with Crippen LogP contribution in [0.2, 0.25) is 0 Å². The zero-order valence-corrected chi connectivity index (χ0v) is 12.3. The molecule has 21 heavy (non-hydrogen) atoms. The number of nitrogens with zero attached hydrogens (tertiary/aromatic N) is 2. The number of rotatable bonds is 9. The molecule has 0 aliphatic heterocycles. The number of aromatic nitrogens is 1. The van der Waals surface area contributed by atoms with Gasteiger partial charge in [-0.25, -0.2) is 0 Å². The maximum atomic E-state index is 11.1. The summed E-state index contributed by atoms with van der Waals surface area (Å²) in [6, 6.07) is 3.22. The number of pyridine rings is 1. The van der Waals surface area contributed by atoms with Crippen molar-refractivity contribution in [1.29, 1.82) is 0 Å². The Kier molecular flexibility index (Phi) is 7.14. The number of unbranched alkanes of at least 4 members (excludes halogenated alkanes) is 2. The summed E-state index contributed by atoms with van der Waals surface area (Å²) >= 11 is 0. The van der Waals surface area contributed by atoms with E-state index in [1.165, 1.54) is 0 Å². The lowest BCUT2D eigenvalue weighted by Crippen LogP contribution is -2.05. The lowest BCUT2D eigenvalue weighted by molar-refractivity contribution is -0.390. The normalized spacial score (nSPS) is 10.2. The van der Waals surface area contributed by atoms with E-state index in [1.54, 1.807) is 26.0 Å². The molecule has 0 saturated heterocycles. The highest BCUT2D eigenvalue weighted by atomic mass is 16.6. The number of nitro groups is 1. The summed E-state index contributed by atoms with van der Waals surface area (Å²) in [5.41, 5.74) is 0.573. The number of aryl methyl sites for hydroxylation is 1. The van der Waals surface area contributed by atoms with Crippen LogP contribution >= 0.6 is 0 Å². The lowest BCUT2D eigenvalue weighted by Gasteiger charge is -2.06. The summed E-state index contributed by atoms with van der Waals surface area (Å²) in [6.07, 6.45) is 2.62. The van der Waals surface area contributed by atoms with Crippen LogP contribution in [0.4, 0.5) is 5.82 Å². The van der Waals surface area contributed by atoms with Gasteiger partial charge in [0.25, 0.3) is 0 Å². The van der Waals surface area contributed by atoms with E-state index < -0.39 is 4.92 Å². The fourth-order valence-electron chi connectivity index (χ4n) is 1.74. The molecule has 0 saturated carbocycles. The first kappa shape index (κ1) is 16.9. The minimum absolute atomic E-state index is 0.177. The number of ether oxygens (including phenoxy) is 2. The fourth-order valence-corrected chi connectivity index (χ4v) is 1.74. The van der Waals surface area contributed by atoms with Gasteiger partial charge in [0.1, 0.15) is 5.69 Å². The van der Waals surface area contributed by atoms with E-state index in [2.05, 4.69) is 4.98 Å². The van der Waals surface area contributed by atoms with Crippen LogP contribution in [0.25, 0.3) is 0 Å². The van der Waals surface area contributed by atoms with Gasteiger partial charge in [0.15, 0.2) is 0 Å². The Labute approximate surface area is 123 Å². The van der Waals surface area contributed by atoms with Crippen LogP contribution in [-0.2, 0) is 9.53 Å². The average molecular weight is 296 g/mol. The molecule has 0 aliphatic carbocycles. The topological polar surface area (TPSA) is 91.6 Å². The fraction of sp³-hybridized carbons (Fsp3) is 0.571. The Morgan fingerprint density at radius 1 is 1.33 bits per heavy atom. The molecular formula is C14H20N2O5. The summed E-state index contributed by atoms with van der Waals surface area (Å²) < 4.78 is 10.2. The summed E-state index contributed by atoms with van der Waals surface area (Å²) in [5.74, 6) is -0.283. The highest BCUT2D eigenvalue weighted by molar-refractivity contribution is 5.69. The molecule has 1 heterocycles. The predicted octanol–water partition coefficient (Wildman–Crippen LogP) is 2.80. The highest BCUT2D eigenvalue weighted by Gasteiger charge is 2.17. The molecule has 0 radical (unpaired) electrons. The molecule has 116 valence electrons. The smallest absolute Gasteiger partial charge is 0.406 e. The van der Waals surface area contributed by atoms with Crippen LogP contribution in [-0.4, -0.2) is 29.1 Å². The van der Waals surface area contributed by atoms with E-state index in [4.69, 9.17) is 9.47 Å². The van der Waals surface area contributed by atoms with E-state index in [1.807, 2.05) is 0 Å². The number of hydrogen-bond acceptors (Lipinski definition) is 6. The molecule has 1 aromatic rings. The van der Waals surface area contributed by atoms with E-state index in [0.29, 0.717) is 31.7 Å². The molecule has 0 amide bonds. The van der Waals surface area contributed by atoms with Gasteiger partial charge in [-0.05, 0) is 48.2 Å². The van der Waals surface area contributed by atoms with E-state index in [0.717, 1.165) is 12.8 Å². The van der Waals surface area contributed by atoms with Gasteiger partial charge in [-0.1, -0.05) is 0 Å². The van der Waals surface area contributed by atoms with Crippen LogP contribution in [0, 0.1) is 17.0 Å². The van der Waals surface area contributed by atoms with Crippen LogP contribution in [0.3, 0.4) is 0 Å². The van der Waals surface area contributed by atoms with Crippen LogP contribution in [0.15, 0.2) is 12.1 Å². The van der Waals surface area contributed by atoms with Crippen LogP contribution in [0.5, 0.6) is 5.75 Å². The zero-order chi connectivity index (χ0) is 15.7. The van der Waals surface area contributed by atoms with Crippen molar-refractivity contribution >= 4 is 11.8 Å². The van der Waals surface area contributed by atoms with E-state index in [9.17, 15) is 14.9 Å². The number of carbonyl (C=O) groups excluding carboxylic acids is 1. The van der Waals surface area contributed by atoms with Crippen molar-refractivity contribution in [3.63, 3.8) is 0 Å². The summed E-state index contributed by atoms with van der Waals surface area (Å²) in [7, 11) is 0. The van der Waals surface area contributed by atoms with Gasteiger partial charge in [-0.3, -0.25) is 4.79 Å². The quantitative estimate of drug-likeness (QED) is 0.301. The van der Waals surface area contributed by atoms with Gasteiger partial charge in [0.2, 0.25) is 5.75 Å². The van der Waals surface area contributed by atoms with Crippen molar-refractivity contribution in [3.05, 3.63) is 27.9 Å². The first-order valence-electron chi connectivity index (χ1n) is 6.95. The van der Waals surface area contributed by atoms with Crippen molar-refractivity contribution < 1.29 is 19.2 Å². The number of carbonyl (C=O) groups is 1. The molecule has 7 nitrogen and oxygen atoms in total. The van der Waals surface area contributed by atoms with Gasteiger partial charge in [-0.15, -0.1) is 0 Å². The molecule has 0 unspecified atom stereocenters. The predicted molar refractivity (Wildman–Crippen MR) is 76.2 cm³/mol. The lowest BCUT2D eigenvalue weighted by atomic mass is 10.2. The Morgan fingerprint density at radius 2 is 2.10 bits per heavy atom. The molecule has 1 rings (SSSR count). The van der Waals surface area contributed by atoms with Gasteiger partial charge in [-0.2, -0.15) is 0 Å². The van der Waals surface area contributed by atoms with Gasteiger partial charge >= 0.3 is 11.8 Å². The number of hydrogen-bond donors (Lipinski definition) is 0. The first-order valence-corrected chi connectivity index (χ1v) is 6.95. The minimum atomic E-state index is -0.552. The monoisotopic (exact) mass is 296 g/mol. The number of esters is 1. The maximum Gasteiger partial charge on any atom is 0.406 e. The van der Waals surface area contributed by atoms with Gasteiger partial charge in [0.05, 0.1) is 13.2 Å².